The number of ether oxygens (including phenoxy) is 1. The third-order valence-electron chi connectivity index (χ3n) is 2.65. The summed E-state index contributed by atoms with van der Waals surface area (Å²) in [5, 5.41) is 23.1. The van der Waals surface area contributed by atoms with Gasteiger partial charge in [0.2, 0.25) is 0 Å². The van der Waals surface area contributed by atoms with Gasteiger partial charge in [-0.3, -0.25) is 0 Å². The SMILES string of the molecule is CCCOc1ccccc1NC(=O)NCC(C)(O)C(=O)O. The topological polar surface area (TPSA) is 108 Å². The molecule has 0 fully saturated rings. The summed E-state index contributed by atoms with van der Waals surface area (Å²) in [5.74, 6) is -0.881. The van der Waals surface area contributed by atoms with Crippen LogP contribution in [0.5, 0.6) is 5.75 Å². The number of aliphatic carboxylic acids is 1. The first-order chi connectivity index (χ1) is 9.86. The molecule has 1 aromatic carbocycles. The molecule has 0 bridgehead atoms. The average molecular weight is 296 g/mol. The quantitative estimate of drug-likeness (QED) is 0.609. The molecule has 7 nitrogen and oxygen atoms in total. The Kier molecular flexibility index (Phi) is 5.98. The summed E-state index contributed by atoms with van der Waals surface area (Å²) >= 11 is 0. The van der Waals surface area contributed by atoms with Crippen LogP contribution in [-0.4, -0.2) is 41.0 Å². The van der Waals surface area contributed by atoms with Gasteiger partial charge in [0.15, 0.2) is 5.60 Å². The molecule has 0 radical (unpaired) electrons. The van der Waals surface area contributed by atoms with E-state index in [2.05, 4.69) is 10.6 Å². The second-order valence-electron chi connectivity index (χ2n) is 4.73. The number of urea groups is 1. The maximum atomic E-state index is 11.7. The smallest absolute Gasteiger partial charge is 0.337 e. The average Bonchev–Trinajstić information content (AvgIpc) is 2.44. The van der Waals surface area contributed by atoms with E-state index in [0.29, 0.717) is 18.0 Å². The Morgan fingerprint density at radius 3 is 2.62 bits per heavy atom. The van der Waals surface area contributed by atoms with E-state index in [1.54, 1.807) is 24.3 Å². The van der Waals surface area contributed by atoms with Crippen molar-refractivity contribution in [3.63, 3.8) is 0 Å². The van der Waals surface area contributed by atoms with Crippen molar-refractivity contribution in [3.8, 4) is 5.75 Å². The second kappa shape index (κ2) is 7.49. The zero-order valence-corrected chi connectivity index (χ0v) is 12.0. The van der Waals surface area contributed by atoms with Crippen LogP contribution in [0, 0.1) is 0 Å². The van der Waals surface area contributed by atoms with Gasteiger partial charge >= 0.3 is 12.0 Å². The molecule has 0 spiro atoms. The molecule has 0 saturated carbocycles. The van der Waals surface area contributed by atoms with Crippen molar-refractivity contribution in [1.82, 2.24) is 5.32 Å². The van der Waals surface area contributed by atoms with Gasteiger partial charge in [0.1, 0.15) is 5.75 Å². The Morgan fingerprint density at radius 2 is 2.00 bits per heavy atom. The number of hydrogen-bond donors (Lipinski definition) is 4. The van der Waals surface area contributed by atoms with Crippen molar-refractivity contribution in [2.75, 3.05) is 18.5 Å². The molecule has 0 aliphatic rings. The highest BCUT2D eigenvalue weighted by Crippen LogP contribution is 2.23. The molecule has 7 heteroatoms. The lowest BCUT2D eigenvalue weighted by atomic mass is 10.1. The summed E-state index contributed by atoms with van der Waals surface area (Å²) in [6.07, 6.45) is 0.835. The van der Waals surface area contributed by atoms with E-state index in [1.807, 2.05) is 6.92 Å². The van der Waals surface area contributed by atoms with Crippen LogP contribution < -0.4 is 15.4 Å². The van der Waals surface area contributed by atoms with Gasteiger partial charge in [-0.05, 0) is 25.5 Å². The van der Waals surface area contributed by atoms with E-state index >= 15 is 0 Å². The molecule has 4 N–H and O–H groups in total. The van der Waals surface area contributed by atoms with Crippen molar-refractivity contribution in [3.05, 3.63) is 24.3 Å². The summed E-state index contributed by atoms with van der Waals surface area (Å²) in [6.45, 7) is 3.19. The van der Waals surface area contributed by atoms with E-state index in [-0.39, 0.29) is 0 Å². The monoisotopic (exact) mass is 296 g/mol. The maximum Gasteiger partial charge on any atom is 0.337 e. The number of aliphatic hydroxyl groups is 1. The summed E-state index contributed by atoms with van der Waals surface area (Å²) in [6, 6.07) is 6.29. The lowest BCUT2D eigenvalue weighted by Crippen LogP contribution is -2.47. The van der Waals surface area contributed by atoms with Crippen LogP contribution in [0.1, 0.15) is 20.3 Å². The van der Waals surface area contributed by atoms with Crippen LogP contribution in [0.25, 0.3) is 0 Å². The minimum Gasteiger partial charge on any atom is -0.491 e. The predicted molar refractivity (Wildman–Crippen MR) is 77.5 cm³/mol. The van der Waals surface area contributed by atoms with Gasteiger partial charge in [-0.2, -0.15) is 0 Å². The number of carboxylic acid groups (broad SMARTS) is 1. The predicted octanol–water partition coefficient (Wildman–Crippen LogP) is 1.43. The van der Waals surface area contributed by atoms with Crippen molar-refractivity contribution < 1.29 is 24.5 Å². The van der Waals surface area contributed by atoms with Crippen molar-refractivity contribution in [2.45, 2.75) is 25.9 Å². The highest BCUT2D eigenvalue weighted by molar-refractivity contribution is 5.91. The molecule has 1 unspecified atom stereocenters. The molecular formula is C14H20N2O5. The summed E-state index contributed by atoms with van der Waals surface area (Å²) in [4.78, 5) is 22.4. The zero-order chi connectivity index (χ0) is 15.9. The fourth-order valence-electron chi connectivity index (χ4n) is 1.40. The third kappa shape index (κ3) is 5.31. The lowest BCUT2D eigenvalue weighted by molar-refractivity contribution is -0.155. The highest BCUT2D eigenvalue weighted by Gasteiger charge is 2.30. The molecule has 1 rings (SSSR count). The number of carbonyl (C=O) groups excluding carboxylic acids is 1. The highest BCUT2D eigenvalue weighted by atomic mass is 16.5. The van der Waals surface area contributed by atoms with E-state index in [9.17, 15) is 14.7 Å². The number of rotatable bonds is 7. The Bertz CT molecular complexity index is 502. The Morgan fingerprint density at radius 1 is 1.33 bits per heavy atom. The number of carboxylic acids is 1. The summed E-state index contributed by atoms with van der Waals surface area (Å²) < 4.78 is 5.48. The summed E-state index contributed by atoms with van der Waals surface area (Å²) in [7, 11) is 0. The van der Waals surface area contributed by atoms with Gasteiger partial charge in [-0.1, -0.05) is 19.1 Å². The largest absolute Gasteiger partial charge is 0.491 e. The number of para-hydroxylation sites is 2. The first kappa shape index (κ1) is 16.8. The van der Waals surface area contributed by atoms with Crippen LogP contribution in [0.3, 0.4) is 0 Å². The molecule has 0 aliphatic heterocycles. The lowest BCUT2D eigenvalue weighted by Gasteiger charge is -2.19. The van der Waals surface area contributed by atoms with Gasteiger partial charge in [0.05, 0.1) is 18.8 Å². The van der Waals surface area contributed by atoms with Gasteiger partial charge in [-0.25, -0.2) is 9.59 Å². The third-order valence-corrected chi connectivity index (χ3v) is 2.65. The van der Waals surface area contributed by atoms with Crippen LogP contribution in [0.4, 0.5) is 10.5 Å². The van der Waals surface area contributed by atoms with Gasteiger partial charge in [-0.15, -0.1) is 0 Å². The van der Waals surface area contributed by atoms with Crippen LogP contribution in [-0.2, 0) is 4.79 Å². The molecule has 2 amide bonds. The van der Waals surface area contributed by atoms with Gasteiger partial charge in [0, 0.05) is 0 Å². The summed E-state index contributed by atoms with van der Waals surface area (Å²) in [5.41, 5.74) is -1.55. The fraction of sp³-hybridized carbons (Fsp3) is 0.429. The Balaban J connectivity index is 2.61. The van der Waals surface area contributed by atoms with E-state index in [0.717, 1.165) is 13.3 Å². The van der Waals surface area contributed by atoms with Gasteiger partial charge in [0.25, 0.3) is 0 Å². The number of hydrogen-bond acceptors (Lipinski definition) is 4. The fourth-order valence-corrected chi connectivity index (χ4v) is 1.40. The molecule has 0 heterocycles. The molecule has 0 saturated heterocycles. The Hall–Kier alpha value is -2.28. The maximum absolute atomic E-state index is 11.7. The first-order valence-corrected chi connectivity index (χ1v) is 6.59. The first-order valence-electron chi connectivity index (χ1n) is 6.59. The molecular weight excluding hydrogens is 276 g/mol. The minimum absolute atomic E-state index is 0.411. The molecule has 21 heavy (non-hydrogen) atoms. The van der Waals surface area contributed by atoms with Crippen LogP contribution in [0.2, 0.25) is 0 Å². The Labute approximate surface area is 122 Å². The van der Waals surface area contributed by atoms with Crippen molar-refractivity contribution >= 4 is 17.7 Å². The van der Waals surface area contributed by atoms with Crippen LogP contribution in [0.15, 0.2) is 24.3 Å². The van der Waals surface area contributed by atoms with Crippen molar-refractivity contribution in [1.29, 1.82) is 0 Å². The minimum atomic E-state index is -2.02. The van der Waals surface area contributed by atoms with Crippen molar-refractivity contribution in [2.24, 2.45) is 0 Å². The number of amides is 2. The van der Waals surface area contributed by atoms with E-state index in [1.165, 1.54) is 0 Å². The van der Waals surface area contributed by atoms with Gasteiger partial charge < -0.3 is 25.6 Å². The molecule has 1 atom stereocenters. The number of anilines is 1. The number of nitrogens with one attached hydrogen (secondary N) is 2. The number of carbonyl (C=O) groups is 2. The van der Waals surface area contributed by atoms with E-state index in [4.69, 9.17) is 9.84 Å². The molecule has 1 aromatic rings. The zero-order valence-electron chi connectivity index (χ0n) is 12.0. The van der Waals surface area contributed by atoms with E-state index < -0.39 is 24.1 Å². The number of benzene rings is 1. The second-order valence-corrected chi connectivity index (χ2v) is 4.73. The molecule has 116 valence electrons. The van der Waals surface area contributed by atoms with Crippen LogP contribution >= 0.6 is 0 Å². The normalized spacial score (nSPS) is 13.1. The molecule has 0 aromatic heterocycles. The standard InChI is InChI=1S/C14H20N2O5/c1-3-8-21-11-7-5-4-6-10(11)16-13(19)15-9-14(2,20)12(17)18/h4-7,20H,3,8-9H2,1-2H3,(H,17,18)(H2,15,16,19). The molecule has 0 aliphatic carbocycles.